The van der Waals surface area contributed by atoms with Gasteiger partial charge in [0.05, 0.1) is 29.7 Å². The number of fused-ring (bicyclic) bond motifs is 1. The molecule has 128 valence electrons. The van der Waals surface area contributed by atoms with Crippen LogP contribution in [0.15, 0.2) is 22.8 Å². The number of nitrogens with one attached hydrogen (secondary N) is 1. The number of alkyl halides is 1. The van der Waals surface area contributed by atoms with E-state index in [1.165, 1.54) is 0 Å². The van der Waals surface area contributed by atoms with Gasteiger partial charge in [-0.25, -0.2) is 4.98 Å². The van der Waals surface area contributed by atoms with E-state index >= 15 is 0 Å². The van der Waals surface area contributed by atoms with E-state index in [1.54, 1.807) is 17.6 Å². The first-order valence-corrected chi connectivity index (χ1v) is 8.81. The Bertz CT molecular complexity index is 821. The lowest BCUT2D eigenvalue weighted by atomic mass is 10.1. The molecule has 0 aliphatic carbocycles. The van der Waals surface area contributed by atoms with Crippen molar-refractivity contribution in [2.45, 2.75) is 32.4 Å². The summed E-state index contributed by atoms with van der Waals surface area (Å²) < 4.78 is 18.7. The van der Waals surface area contributed by atoms with Gasteiger partial charge in [0.1, 0.15) is 11.6 Å². The molecule has 0 aliphatic rings. The second-order valence-corrected chi connectivity index (χ2v) is 6.99. The van der Waals surface area contributed by atoms with Crippen LogP contribution in [0.2, 0.25) is 5.28 Å². The molecule has 3 heterocycles. The molecule has 0 saturated carbocycles. The minimum Gasteiger partial charge on any atom is -0.467 e. The number of aryl methyl sites for hydroxylation is 1. The Morgan fingerprint density at radius 1 is 1.46 bits per heavy atom. The van der Waals surface area contributed by atoms with Gasteiger partial charge >= 0.3 is 0 Å². The second kappa shape index (κ2) is 7.46. The van der Waals surface area contributed by atoms with Crippen molar-refractivity contribution in [2.75, 3.05) is 12.0 Å². The predicted molar refractivity (Wildman–Crippen MR) is 95.5 cm³/mol. The SMILES string of the molecule is Cc1c(C[C@@H](N)CCF)sc2c(NCc3ccco3)nc(Cl)nc12. The third-order valence-electron chi connectivity index (χ3n) is 3.77. The van der Waals surface area contributed by atoms with E-state index in [-0.39, 0.29) is 11.3 Å². The normalized spacial score (nSPS) is 12.7. The summed E-state index contributed by atoms with van der Waals surface area (Å²) >= 11 is 7.64. The van der Waals surface area contributed by atoms with Crippen LogP contribution in [-0.4, -0.2) is 22.7 Å². The maximum absolute atomic E-state index is 12.5. The smallest absolute Gasteiger partial charge is 0.224 e. The molecular formula is C16H18ClFN4OS. The Balaban J connectivity index is 1.91. The van der Waals surface area contributed by atoms with Crippen molar-refractivity contribution in [1.29, 1.82) is 0 Å². The Labute approximate surface area is 148 Å². The molecule has 8 heteroatoms. The Hall–Kier alpha value is -1.70. The minimum atomic E-state index is -0.410. The number of hydrogen-bond acceptors (Lipinski definition) is 6. The van der Waals surface area contributed by atoms with Crippen molar-refractivity contribution in [2.24, 2.45) is 5.73 Å². The van der Waals surface area contributed by atoms with Crippen LogP contribution in [0.4, 0.5) is 10.2 Å². The summed E-state index contributed by atoms with van der Waals surface area (Å²) in [6, 6.07) is 3.51. The van der Waals surface area contributed by atoms with Gasteiger partial charge in [-0.2, -0.15) is 4.98 Å². The summed E-state index contributed by atoms with van der Waals surface area (Å²) in [4.78, 5) is 9.72. The average molecular weight is 369 g/mol. The van der Waals surface area contributed by atoms with E-state index in [2.05, 4.69) is 15.3 Å². The summed E-state index contributed by atoms with van der Waals surface area (Å²) in [6.45, 7) is 2.08. The van der Waals surface area contributed by atoms with Gasteiger partial charge in [0, 0.05) is 10.9 Å². The minimum absolute atomic E-state index is 0.185. The Morgan fingerprint density at radius 2 is 2.29 bits per heavy atom. The molecule has 0 radical (unpaired) electrons. The molecule has 3 aromatic rings. The molecule has 0 saturated heterocycles. The van der Waals surface area contributed by atoms with Gasteiger partial charge in [0.25, 0.3) is 0 Å². The van der Waals surface area contributed by atoms with Gasteiger partial charge in [-0.3, -0.25) is 4.39 Å². The lowest BCUT2D eigenvalue weighted by Gasteiger charge is -2.07. The summed E-state index contributed by atoms with van der Waals surface area (Å²) in [5.74, 6) is 1.47. The number of rotatable bonds is 7. The van der Waals surface area contributed by atoms with Crippen LogP contribution in [0, 0.1) is 6.92 Å². The number of thiophene rings is 1. The molecule has 0 aliphatic heterocycles. The van der Waals surface area contributed by atoms with Crippen LogP contribution < -0.4 is 11.1 Å². The highest BCUT2D eigenvalue weighted by molar-refractivity contribution is 7.19. The fourth-order valence-corrected chi connectivity index (χ4v) is 3.96. The molecule has 3 rings (SSSR count). The first kappa shape index (κ1) is 17.1. The Morgan fingerprint density at radius 3 is 3.00 bits per heavy atom. The third kappa shape index (κ3) is 3.68. The van der Waals surface area contributed by atoms with Crippen molar-refractivity contribution in [3.05, 3.63) is 39.9 Å². The highest BCUT2D eigenvalue weighted by Crippen LogP contribution is 2.35. The fraction of sp³-hybridized carbons (Fsp3) is 0.375. The van der Waals surface area contributed by atoms with Crippen molar-refractivity contribution >= 4 is 39.0 Å². The van der Waals surface area contributed by atoms with E-state index in [9.17, 15) is 4.39 Å². The average Bonchev–Trinajstić information content (AvgIpc) is 3.15. The highest BCUT2D eigenvalue weighted by atomic mass is 35.5. The van der Waals surface area contributed by atoms with Gasteiger partial charge in [0.2, 0.25) is 5.28 Å². The molecule has 0 fully saturated rings. The van der Waals surface area contributed by atoms with Crippen LogP contribution >= 0.6 is 22.9 Å². The standard InChI is InChI=1S/C16H18ClFN4OS/c1-9-12(7-10(19)4-5-18)24-14-13(9)21-16(17)22-15(14)20-8-11-3-2-6-23-11/h2-3,6,10H,4-5,7-8,19H2,1H3,(H,20,21,22)/t10-/m0/s1. The zero-order valence-corrected chi connectivity index (χ0v) is 14.8. The molecule has 1 atom stereocenters. The zero-order chi connectivity index (χ0) is 17.1. The van der Waals surface area contributed by atoms with Crippen LogP contribution in [0.1, 0.15) is 22.6 Å². The van der Waals surface area contributed by atoms with Crippen molar-refractivity contribution in [1.82, 2.24) is 9.97 Å². The number of halogens is 2. The lowest BCUT2D eigenvalue weighted by Crippen LogP contribution is -2.23. The number of nitrogens with two attached hydrogens (primary N) is 1. The van der Waals surface area contributed by atoms with Crippen LogP contribution in [0.3, 0.4) is 0 Å². The van der Waals surface area contributed by atoms with Crippen molar-refractivity contribution in [3.8, 4) is 0 Å². The molecule has 0 aromatic carbocycles. The molecule has 0 unspecified atom stereocenters. The maximum Gasteiger partial charge on any atom is 0.224 e. The molecule has 3 N–H and O–H groups in total. The molecule has 0 spiro atoms. The monoisotopic (exact) mass is 368 g/mol. The van der Waals surface area contributed by atoms with Crippen molar-refractivity contribution < 1.29 is 8.81 Å². The van der Waals surface area contributed by atoms with E-state index in [0.29, 0.717) is 25.2 Å². The second-order valence-electron chi connectivity index (χ2n) is 5.54. The molecule has 3 aromatic heterocycles. The van der Waals surface area contributed by atoms with Crippen LogP contribution in [-0.2, 0) is 13.0 Å². The molecule has 0 bridgehead atoms. The topological polar surface area (TPSA) is 77.0 Å². The molecule has 0 amide bonds. The van der Waals surface area contributed by atoms with Gasteiger partial charge in [-0.05, 0) is 49.1 Å². The van der Waals surface area contributed by atoms with Crippen LogP contribution in [0.5, 0.6) is 0 Å². The van der Waals surface area contributed by atoms with E-state index in [0.717, 1.165) is 26.4 Å². The zero-order valence-electron chi connectivity index (χ0n) is 13.2. The lowest BCUT2D eigenvalue weighted by molar-refractivity contribution is 0.436. The van der Waals surface area contributed by atoms with Gasteiger partial charge in [-0.1, -0.05) is 0 Å². The number of furan rings is 1. The summed E-state index contributed by atoms with van der Waals surface area (Å²) in [7, 11) is 0. The number of aromatic nitrogens is 2. The van der Waals surface area contributed by atoms with Gasteiger partial charge in [0.15, 0.2) is 0 Å². The molecule has 24 heavy (non-hydrogen) atoms. The maximum atomic E-state index is 12.5. The number of anilines is 1. The first-order chi connectivity index (χ1) is 11.6. The van der Waals surface area contributed by atoms with Gasteiger partial charge < -0.3 is 15.5 Å². The Kier molecular flexibility index (Phi) is 5.33. The van der Waals surface area contributed by atoms with E-state index < -0.39 is 6.67 Å². The van der Waals surface area contributed by atoms with Crippen LogP contribution in [0.25, 0.3) is 10.2 Å². The van der Waals surface area contributed by atoms with E-state index in [1.807, 2.05) is 19.1 Å². The predicted octanol–water partition coefficient (Wildman–Crippen LogP) is 4.09. The number of hydrogen-bond donors (Lipinski definition) is 2. The number of nitrogens with zero attached hydrogens (tertiary/aromatic N) is 2. The van der Waals surface area contributed by atoms with E-state index in [4.69, 9.17) is 21.8 Å². The molecular weight excluding hydrogens is 351 g/mol. The quantitative estimate of drug-likeness (QED) is 0.614. The summed E-state index contributed by atoms with van der Waals surface area (Å²) in [5.41, 5.74) is 7.81. The first-order valence-electron chi connectivity index (χ1n) is 7.61. The molecule has 5 nitrogen and oxygen atoms in total. The third-order valence-corrected chi connectivity index (χ3v) is 5.25. The van der Waals surface area contributed by atoms with Crippen molar-refractivity contribution in [3.63, 3.8) is 0 Å². The highest BCUT2D eigenvalue weighted by Gasteiger charge is 2.17. The van der Waals surface area contributed by atoms with Gasteiger partial charge in [-0.15, -0.1) is 11.3 Å². The largest absolute Gasteiger partial charge is 0.467 e. The summed E-state index contributed by atoms with van der Waals surface area (Å²) in [6.07, 6.45) is 2.59. The summed E-state index contributed by atoms with van der Waals surface area (Å²) in [5, 5.41) is 3.42. The fourth-order valence-electron chi connectivity index (χ4n) is 2.48.